The van der Waals surface area contributed by atoms with Crippen LogP contribution in [0.1, 0.15) is 73.1 Å². The lowest BCUT2D eigenvalue weighted by molar-refractivity contribution is -0.00442. The molecule has 0 rings (SSSR count). The molecule has 0 aromatic heterocycles. The highest BCUT2D eigenvalue weighted by Gasteiger charge is 2.33. The molecule has 98 valence electrons. The van der Waals surface area contributed by atoms with Crippen molar-refractivity contribution >= 4 is 0 Å². The summed E-state index contributed by atoms with van der Waals surface area (Å²) in [5.41, 5.74) is -0.883. The van der Waals surface area contributed by atoms with Gasteiger partial charge in [0.25, 0.3) is 0 Å². The molecular formula is C14H31NO. The van der Waals surface area contributed by atoms with Gasteiger partial charge in [-0.3, -0.25) is 0 Å². The van der Waals surface area contributed by atoms with Crippen LogP contribution >= 0.6 is 0 Å². The van der Waals surface area contributed by atoms with Gasteiger partial charge < -0.3 is 10.4 Å². The number of nitrogens with one attached hydrogen (secondary N) is 1. The molecule has 2 heteroatoms. The highest BCUT2D eigenvalue weighted by atomic mass is 16.3. The fourth-order valence-corrected chi connectivity index (χ4v) is 1.52. The predicted octanol–water partition coefficient (Wildman–Crippen LogP) is 3.49. The monoisotopic (exact) mass is 229 g/mol. The minimum Gasteiger partial charge on any atom is -0.389 e. The molecule has 0 saturated carbocycles. The minimum atomic E-state index is -0.671. The molecule has 0 radical (unpaired) electrons. The fraction of sp³-hybridized carbons (Fsp3) is 1.00. The second-order valence-electron chi connectivity index (χ2n) is 5.88. The van der Waals surface area contributed by atoms with Crippen molar-refractivity contribution in [1.82, 2.24) is 5.32 Å². The summed E-state index contributed by atoms with van der Waals surface area (Å²) in [4.78, 5) is 0. The van der Waals surface area contributed by atoms with Crippen LogP contribution in [-0.2, 0) is 0 Å². The van der Waals surface area contributed by atoms with Crippen molar-refractivity contribution in [2.75, 3.05) is 6.54 Å². The Hall–Kier alpha value is -0.0800. The molecule has 0 heterocycles. The Labute approximate surface area is 102 Å². The molecule has 16 heavy (non-hydrogen) atoms. The zero-order chi connectivity index (χ0) is 12.7. The van der Waals surface area contributed by atoms with Crippen LogP contribution in [0.25, 0.3) is 0 Å². The first-order valence-corrected chi connectivity index (χ1v) is 6.78. The first-order valence-electron chi connectivity index (χ1n) is 6.78. The number of aliphatic hydroxyl groups is 1. The van der Waals surface area contributed by atoms with Crippen molar-refractivity contribution in [3.8, 4) is 0 Å². The molecule has 0 unspecified atom stereocenters. The van der Waals surface area contributed by atoms with E-state index in [0.29, 0.717) is 0 Å². The summed E-state index contributed by atoms with van der Waals surface area (Å²) in [5.74, 6) is 0. The van der Waals surface area contributed by atoms with Gasteiger partial charge in [0.05, 0.1) is 5.60 Å². The Morgan fingerprint density at radius 2 is 1.38 bits per heavy atom. The predicted molar refractivity (Wildman–Crippen MR) is 71.8 cm³/mol. The van der Waals surface area contributed by atoms with Crippen molar-refractivity contribution in [2.45, 2.75) is 84.3 Å². The maximum absolute atomic E-state index is 9.96. The fourth-order valence-electron chi connectivity index (χ4n) is 1.52. The van der Waals surface area contributed by atoms with Crippen molar-refractivity contribution in [2.24, 2.45) is 0 Å². The molecule has 0 aliphatic rings. The van der Waals surface area contributed by atoms with Crippen molar-refractivity contribution in [3.63, 3.8) is 0 Å². The van der Waals surface area contributed by atoms with Crippen molar-refractivity contribution in [1.29, 1.82) is 0 Å². The summed E-state index contributed by atoms with van der Waals surface area (Å²) in [6.45, 7) is 11.1. The average Bonchev–Trinajstić information content (AvgIpc) is 2.14. The van der Waals surface area contributed by atoms with E-state index in [1.54, 1.807) is 0 Å². The third kappa shape index (κ3) is 6.49. The molecule has 0 aromatic carbocycles. The molecule has 0 amide bonds. The van der Waals surface area contributed by atoms with Gasteiger partial charge in [-0.1, -0.05) is 39.0 Å². The van der Waals surface area contributed by atoms with Crippen LogP contribution < -0.4 is 5.32 Å². The van der Waals surface area contributed by atoms with Gasteiger partial charge in [0, 0.05) is 5.54 Å². The highest BCUT2D eigenvalue weighted by molar-refractivity contribution is 4.93. The number of unbranched alkanes of at least 4 members (excludes halogenated alkanes) is 5. The van der Waals surface area contributed by atoms with Crippen LogP contribution in [-0.4, -0.2) is 22.8 Å². The number of hydrogen-bond donors (Lipinski definition) is 2. The quantitative estimate of drug-likeness (QED) is 0.593. The van der Waals surface area contributed by atoms with E-state index in [9.17, 15) is 5.11 Å². The summed E-state index contributed by atoms with van der Waals surface area (Å²) in [6.07, 6.45) is 7.90. The molecule has 2 nitrogen and oxygen atoms in total. The Morgan fingerprint density at radius 3 is 1.88 bits per heavy atom. The zero-order valence-corrected chi connectivity index (χ0v) is 11.9. The van der Waals surface area contributed by atoms with Crippen LogP contribution in [0.5, 0.6) is 0 Å². The van der Waals surface area contributed by atoms with Crippen LogP contribution in [0, 0.1) is 0 Å². The molecule has 0 fully saturated rings. The van der Waals surface area contributed by atoms with Gasteiger partial charge >= 0.3 is 0 Å². The molecule has 0 atom stereocenters. The molecule has 0 aliphatic carbocycles. The number of rotatable bonds is 9. The van der Waals surface area contributed by atoms with Crippen molar-refractivity contribution < 1.29 is 5.11 Å². The smallest absolute Gasteiger partial charge is 0.0767 e. The van der Waals surface area contributed by atoms with E-state index in [1.165, 1.54) is 38.5 Å². The van der Waals surface area contributed by atoms with E-state index >= 15 is 0 Å². The molecule has 0 aromatic rings. The highest BCUT2D eigenvalue weighted by Crippen LogP contribution is 2.20. The maximum atomic E-state index is 9.96. The molecule has 0 spiro atoms. The molecule has 0 saturated heterocycles. The maximum Gasteiger partial charge on any atom is 0.0767 e. The summed E-state index contributed by atoms with van der Waals surface area (Å²) >= 11 is 0. The van der Waals surface area contributed by atoms with E-state index < -0.39 is 5.60 Å². The largest absolute Gasteiger partial charge is 0.389 e. The summed E-state index contributed by atoms with van der Waals surface area (Å²) in [6, 6.07) is 0. The Balaban J connectivity index is 3.51. The van der Waals surface area contributed by atoms with Gasteiger partial charge in [-0.15, -0.1) is 0 Å². The normalized spacial score (nSPS) is 13.1. The number of hydrogen-bond acceptors (Lipinski definition) is 2. The van der Waals surface area contributed by atoms with E-state index in [2.05, 4.69) is 26.1 Å². The third-order valence-electron chi connectivity index (χ3n) is 3.63. The van der Waals surface area contributed by atoms with E-state index in [0.717, 1.165) is 6.54 Å². The summed E-state index contributed by atoms with van der Waals surface area (Å²) < 4.78 is 0. The van der Waals surface area contributed by atoms with Crippen LogP contribution in [0.2, 0.25) is 0 Å². The summed E-state index contributed by atoms with van der Waals surface area (Å²) in [7, 11) is 0. The first kappa shape index (κ1) is 15.9. The average molecular weight is 229 g/mol. The molecule has 2 N–H and O–H groups in total. The first-order chi connectivity index (χ1) is 7.31. The van der Waals surface area contributed by atoms with E-state index in [4.69, 9.17) is 0 Å². The van der Waals surface area contributed by atoms with Gasteiger partial charge in [-0.05, 0) is 40.7 Å². The van der Waals surface area contributed by atoms with Crippen molar-refractivity contribution in [3.05, 3.63) is 0 Å². The van der Waals surface area contributed by atoms with Gasteiger partial charge in [-0.25, -0.2) is 0 Å². The minimum absolute atomic E-state index is 0.212. The Kier molecular flexibility index (Phi) is 7.25. The molecular weight excluding hydrogens is 198 g/mol. The third-order valence-corrected chi connectivity index (χ3v) is 3.63. The Bertz CT molecular complexity index is 170. The van der Waals surface area contributed by atoms with Gasteiger partial charge in [-0.2, -0.15) is 0 Å². The zero-order valence-electron chi connectivity index (χ0n) is 11.9. The Morgan fingerprint density at radius 1 is 0.875 bits per heavy atom. The molecule has 0 bridgehead atoms. The lowest BCUT2D eigenvalue weighted by Gasteiger charge is -2.38. The lowest BCUT2D eigenvalue weighted by Crippen LogP contribution is -2.56. The topological polar surface area (TPSA) is 32.3 Å². The van der Waals surface area contributed by atoms with Crippen LogP contribution in [0.15, 0.2) is 0 Å². The lowest BCUT2D eigenvalue weighted by atomic mass is 9.86. The second kappa shape index (κ2) is 7.29. The van der Waals surface area contributed by atoms with E-state index in [-0.39, 0.29) is 5.54 Å². The standard InChI is InChI=1S/C14H31NO/c1-6-7-8-9-10-11-12-15-13(2,3)14(4,5)16/h15-16H,6-12H2,1-5H3. The van der Waals surface area contributed by atoms with E-state index in [1.807, 2.05) is 13.8 Å². The van der Waals surface area contributed by atoms with Gasteiger partial charge in [0.2, 0.25) is 0 Å². The van der Waals surface area contributed by atoms with Crippen LogP contribution in [0.3, 0.4) is 0 Å². The van der Waals surface area contributed by atoms with Gasteiger partial charge in [0.1, 0.15) is 0 Å². The van der Waals surface area contributed by atoms with Crippen LogP contribution in [0.4, 0.5) is 0 Å². The summed E-state index contributed by atoms with van der Waals surface area (Å²) in [5, 5.41) is 13.4. The van der Waals surface area contributed by atoms with Gasteiger partial charge in [0.15, 0.2) is 0 Å². The SMILES string of the molecule is CCCCCCCCNC(C)(C)C(C)(C)O. The molecule has 0 aliphatic heterocycles. The second-order valence-corrected chi connectivity index (χ2v) is 5.88.